The summed E-state index contributed by atoms with van der Waals surface area (Å²) in [5, 5.41) is 0. The number of ether oxygens (including phenoxy) is 1. The smallest absolute Gasteiger partial charge is 0.422 e. The first-order valence-electron chi connectivity index (χ1n) is 9.95. The fourth-order valence-corrected chi connectivity index (χ4v) is 3.82. The molecule has 1 aliphatic rings. The van der Waals surface area contributed by atoms with Crippen molar-refractivity contribution in [2.24, 2.45) is 5.92 Å². The molecule has 0 atom stereocenters. The van der Waals surface area contributed by atoms with Gasteiger partial charge in [-0.05, 0) is 48.6 Å². The second-order valence-electron chi connectivity index (χ2n) is 7.51. The summed E-state index contributed by atoms with van der Waals surface area (Å²) < 4.78 is 42.7. The lowest BCUT2D eigenvalue weighted by atomic mass is 9.89. The Morgan fingerprint density at radius 2 is 1.86 bits per heavy atom. The first kappa shape index (κ1) is 19.6. The van der Waals surface area contributed by atoms with Gasteiger partial charge >= 0.3 is 6.18 Å². The zero-order valence-electron chi connectivity index (χ0n) is 16.0. The highest BCUT2D eigenvalue weighted by Gasteiger charge is 2.28. The summed E-state index contributed by atoms with van der Waals surface area (Å²) in [4.78, 5) is 7.90. The lowest BCUT2D eigenvalue weighted by Gasteiger charge is -2.17. The second-order valence-corrected chi connectivity index (χ2v) is 7.51. The number of para-hydroxylation sites is 1. The molecule has 1 fully saturated rings. The van der Waals surface area contributed by atoms with Crippen LogP contribution in [0.3, 0.4) is 0 Å². The fraction of sp³-hybridized carbons (Fsp3) is 0.348. The highest BCUT2D eigenvalue weighted by atomic mass is 19.4. The first-order chi connectivity index (χ1) is 14.0. The second kappa shape index (κ2) is 8.31. The van der Waals surface area contributed by atoms with Gasteiger partial charge in [0.05, 0.1) is 11.0 Å². The van der Waals surface area contributed by atoms with Crippen molar-refractivity contribution in [3.8, 4) is 16.9 Å². The monoisotopic (exact) mass is 400 g/mol. The van der Waals surface area contributed by atoms with Crippen LogP contribution in [0.15, 0.2) is 48.5 Å². The molecule has 2 aromatic carbocycles. The maximum absolute atomic E-state index is 12.5. The molecular formula is C23H23F3N2O. The van der Waals surface area contributed by atoms with Gasteiger partial charge in [0.1, 0.15) is 11.6 Å². The van der Waals surface area contributed by atoms with E-state index in [2.05, 4.69) is 16.0 Å². The van der Waals surface area contributed by atoms with Crippen LogP contribution in [0.2, 0.25) is 0 Å². The minimum absolute atomic E-state index is 0.209. The van der Waals surface area contributed by atoms with Gasteiger partial charge in [-0.25, -0.2) is 4.98 Å². The standard InChI is InChI=1S/C23H23F3N2O/c24-23(25,26)15-29-21-9-5-4-8-18(21)17-11-12-19-20(14-17)28-22(27-19)13-10-16-6-2-1-3-7-16/h4-5,8-14,16H,1-3,6-7,15H2,(H,27,28)/b13-10+. The van der Waals surface area contributed by atoms with Gasteiger partial charge in [0.15, 0.2) is 6.61 Å². The van der Waals surface area contributed by atoms with Crippen LogP contribution in [0.1, 0.15) is 37.9 Å². The molecule has 1 aromatic heterocycles. The Morgan fingerprint density at radius 3 is 2.66 bits per heavy atom. The number of aromatic nitrogens is 2. The minimum Gasteiger partial charge on any atom is -0.483 e. The van der Waals surface area contributed by atoms with Gasteiger partial charge in [0.25, 0.3) is 0 Å². The summed E-state index contributed by atoms with van der Waals surface area (Å²) in [5.74, 6) is 1.62. The molecule has 6 heteroatoms. The number of imidazole rings is 1. The van der Waals surface area contributed by atoms with Crippen molar-refractivity contribution in [3.05, 3.63) is 54.4 Å². The average Bonchev–Trinajstić information content (AvgIpc) is 3.13. The molecule has 0 radical (unpaired) electrons. The van der Waals surface area contributed by atoms with Gasteiger partial charge in [-0.15, -0.1) is 0 Å². The van der Waals surface area contributed by atoms with E-state index in [4.69, 9.17) is 4.74 Å². The summed E-state index contributed by atoms with van der Waals surface area (Å²) >= 11 is 0. The molecule has 1 aliphatic carbocycles. The van der Waals surface area contributed by atoms with Crippen LogP contribution in [0, 0.1) is 5.92 Å². The van der Waals surface area contributed by atoms with Crippen LogP contribution in [0.4, 0.5) is 13.2 Å². The molecule has 29 heavy (non-hydrogen) atoms. The summed E-state index contributed by atoms with van der Waals surface area (Å²) in [6, 6.07) is 12.4. The van der Waals surface area contributed by atoms with E-state index in [9.17, 15) is 13.2 Å². The van der Waals surface area contributed by atoms with E-state index in [1.54, 1.807) is 24.3 Å². The Labute approximate surface area is 167 Å². The number of alkyl halides is 3. The predicted molar refractivity (Wildman–Crippen MR) is 109 cm³/mol. The summed E-state index contributed by atoms with van der Waals surface area (Å²) in [5.41, 5.74) is 3.07. The lowest BCUT2D eigenvalue weighted by Crippen LogP contribution is -2.19. The Morgan fingerprint density at radius 1 is 1.07 bits per heavy atom. The van der Waals surface area contributed by atoms with E-state index in [1.165, 1.54) is 32.1 Å². The molecule has 1 N–H and O–H groups in total. The fourth-order valence-electron chi connectivity index (χ4n) is 3.82. The Kier molecular flexibility index (Phi) is 5.60. The number of benzene rings is 2. The number of fused-ring (bicyclic) bond motifs is 1. The number of halogens is 3. The molecule has 3 aromatic rings. The minimum atomic E-state index is -4.37. The maximum atomic E-state index is 12.5. The van der Waals surface area contributed by atoms with Crippen molar-refractivity contribution in [1.82, 2.24) is 9.97 Å². The van der Waals surface area contributed by atoms with Crippen molar-refractivity contribution in [2.45, 2.75) is 38.3 Å². The molecule has 3 nitrogen and oxygen atoms in total. The maximum Gasteiger partial charge on any atom is 0.422 e. The Hall–Kier alpha value is -2.76. The molecule has 1 heterocycles. The number of rotatable bonds is 5. The number of allylic oxidation sites excluding steroid dienone is 1. The van der Waals surface area contributed by atoms with Crippen molar-refractivity contribution >= 4 is 17.1 Å². The quantitative estimate of drug-likeness (QED) is 0.513. The zero-order valence-corrected chi connectivity index (χ0v) is 16.0. The topological polar surface area (TPSA) is 37.9 Å². The zero-order chi connectivity index (χ0) is 20.3. The molecule has 0 spiro atoms. The van der Waals surface area contributed by atoms with E-state index in [0.29, 0.717) is 11.5 Å². The third kappa shape index (κ3) is 5.00. The van der Waals surface area contributed by atoms with Crippen molar-refractivity contribution in [1.29, 1.82) is 0 Å². The number of nitrogens with one attached hydrogen (secondary N) is 1. The predicted octanol–water partition coefficient (Wildman–Crippen LogP) is 6.76. The van der Waals surface area contributed by atoms with Crippen LogP contribution in [0.25, 0.3) is 28.2 Å². The first-order valence-corrected chi connectivity index (χ1v) is 9.95. The van der Waals surface area contributed by atoms with Crippen molar-refractivity contribution in [3.63, 3.8) is 0 Å². The summed E-state index contributed by atoms with van der Waals surface area (Å²) in [6.45, 7) is -1.31. The van der Waals surface area contributed by atoms with Gasteiger partial charge in [0, 0.05) is 5.56 Å². The van der Waals surface area contributed by atoms with E-state index in [1.807, 2.05) is 24.3 Å². The molecule has 0 saturated heterocycles. The van der Waals surface area contributed by atoms with Gasteiger partial charge in [-0.1, -0.05) is 49.6 Å². The van der Waals surface area contributed by atoms with Crippen molar-refractivity contribution in [2.75, 3.05) is 6.61 Å². The van der Waals surface area contributed by atoms with Crippen LogP contribution in [-0.2, 0) is 0 Å². The van der Waals surface area contributed by atoms with E-state index in [-0.39, 0.29) is 5.75 Å². The van der Waals surface area contributed by atoms with E-state index < -0.39 is 12.8 Å². The normalized spacial score (nSPS) is 16.0. The molecule has 0 aliphatic heterocycles. The number of nitrogens with zero attached hydrogens (tertiary/aromatic N) is 1. The average molecular weight is 400 g/mol. The van der Waals surface area contributed by atoms with Crippen LogP contribution < -0.4 is 4.74 Å². The Bertz CT molecular complexity index is 1000. The number of aromatic amines is 1. The number of hydrogen-bond donors (Lipinski definition) is 1. The summed E-state index contributed by atoms with van der Waals surface area (Å²) in [6.07, 6.45) is 6.26. The molecule has 0 unspecified atom stereocenters. The largest absolute Gasteiger partial charge is 0.483 e. The van der Waals surface area contributed by atoms with Gasteiger partial charge < -0.3 is 9.72 Å². The molecule has 4 rings (SSSR count). The third-order valence-corrected chi connectivity index (χ3v) is 5.27. The van der Waals surface area contributed by atoms with E-state index >= 15 is 0 Å². The van der Waals surface area contributed by atoms with Gasteiger partial charge in [0.2, 0.25) is 0 Å². The van der Waals surface area contributed by atoms with Crippen molar-refractivity contribution < 1.29 is 17.9 Å². The Balaban J connectivity index is 1.57. The molecule has 152 valence electrons. The highest BCUT2D eigenvalue weighted by Crippen LogP contribution is 2.33. The van der Waals surface area contributed by atoms with Crippen LogP contribution in [0.5, 0.6) is 5.75 Å². The molecule has 1 saturated carbocycles. The molecular weight excluding hydrogens is 377 g/mol. The SMILES string of the molecule is FC(F)(F)COc1ccccc1-c1ccc2nc(/C=C/C3CCCCC3)[nH]c2c1. The third-order valence-electron chi connectivity index (χ3n) is 5.27. The van der Waals surface area contributed by atoms with Crippen LogP contribution >= 0.6 is 0 Å². The molecule has 0 amide bonds. The summed E-state index contributed by atoms with van der Waals surface area (Å²) in [7, 11) is 0. The number of H-pyrrole nitrogens is 1. The highest BCUT2D eigenvalue weighted by molar-refractivity contribution is 5.84. The van der Waals surface area contributed by atoms with Gasteiger partial charge in [-0.2, -0.15) is 13.2 Å². The van der Waals surface area contributed by atoms with Crippen LogP contribution in [-0.4, -0.2) is 22.8 Å². The van der Waals surface area contributed by atoms with E-state index in [0.717, 1.165) is 22.4 Å². The lowest BCUT2D eigenvalue weighted by molar-refractivity contribution is -0.153. The molecule has 0 bridgehead atoms. The van der Waals surface area contributed by atoms with Gasteiger partial charge in [-0.3, -0.25) is 0 Å². The number of hydrogen-bond acceptors (Lipinski definition) is 2.